The van der Waals surface area contributed by atoms with Gasteiger partial charge in [0.15, 0.2) is 5.96 Å². The van der Waals surface area contributed by atoms with Crippen LogP contribution in [0.2, 0.25) is 0 Å². The maximum absolute atomic E-state index is 14.1. The number of aliphatic imine (C=N–C) groups is 1. The predicted molar refractivity (Wildman–Crippen MR) is 139 cm³/mol. The molecule has 188 valence electrons. The minimum absolute atomic E-state index is 0.163. The number of halogens is 1. The summed E-state index contributed by atoms with van der Waals surface area (Å²) in [6.07, 6.45) is 1.12. The number of nitrogens with two attached hydrogens (primary N) is 1. The molecule has 1 atom stereocenters. The Morgan fingerprint density at radius 1 is 1.09 bits per heavy atom. The van der Waals surface area contributed by atoms with Crippen LogP contribution in [0.3, 0.4) is 0 Å². The van der Waals surface area contributed by atoms with E-state index in [1.807, 2.05) is 71.9 Å². The summed E-state index contributed by atoms with van der Waals surface area (Å²) >= 11 is 0. The van der Waals surface area contributed by atoms with Gasteiger partial charge in [0.1, 0.15) is 12.1 Å². The second-order valence-electron chi connectivity index (χ2n) is 7.57. The number of hydrogen-bond donors (Lipinski definition) is 2. The number of guanidine groups is 1. The van der Waals surface area contributed by atoms with Crippen molar-refractivity contribution in [3.05, 3.63) is 71.0 Å². The monoisotopic (exact) mass is 472 g/mol. The molecule has 0 radical (unpaired) electrons. The molecule has 0 heterocycles. The number of rotatable bonds is 9. The van der Waals surface area contributed by atoms with Crippen LogP contribution in [0.1, 0.15) is 69.4 Å². The zero-order valence-corrected chi connectivity index (χ0v) is 21.6. The van der Waals surface area contributed by atoms with Crippen LogP contribution in [0, 0.1) is 11.7 Å². The molecule has 0 aromatic heterocycles. The standard InChI is InChI=1S/C23H29FN4O2.2C2H6/c1-16(2)21(9-10-29)27-23(25)28(3)15-18-11-19(13-20(24)12-18)22(30)26-14-17-7-5-4-6-8-17;2*1-2/h4-8,10-13,16,21H,9,14-15H2,1-3H3,(H2,25,27)(H,26,30);2*1-2H3. The first-order chi connectivity index (χ1) is 16.3. The highest BCUT2D eigenvalue weighted by atomic mass is 19.1. The lowest BCUT2D eigenvalue weighted by Crippen LogP contribution is -2.35. The molecule has 1 unspecified atom stereocenters. The van der Waals surface area contributed by atoms with E-state index in [1.54, 1.807) is 18.0 Å². The third kappa shape index (κ3) is 11.1. The Kier molecular flexibility index (Phi) is 15.6. The molecule has 0 aliphatic carbocycles. The molecule has 34 heavy (non-hydrogen) atoms. The van der Waals surface area contributed by atoms with Gasteiger partial charge in [-0.3, -0.25) is 4.79 Å². The fourth-order valence-electron chi connectivity index (χ4n) is 2.95. The van der Waals surface area contributed by atoms with Crippen LogP contribution >= 0.6 is 0 Å². The second-order valence-corrected chi connectivity index (χ2v) is 7.57. The van der Waals surface area contributed by atoms with Gasteiger partial charge < -0.3 is 20.7 Å². The minimum Gasteiger partial charge on any atom is -0.370 e. The topological polar surface area (TPSA) is 87.8 Å². The molecular weight excluding hydrogens is 431 g/mol. The Morgan fingerprint density at radius 2 is 1.71 bits per heavy atom. The highest BCUT2D eigenvalue weighted by Crippen LogP contribution is 2.13. The zero-order chi connectivity index (χ0) is 26.1. The van der Waals surface area contributed by atoms with Crippen molar-refractivity contribution in [1.82, 2.24) is 10.2 Å². The van der Waals surface area contributed by atoms with E-state index >= 15 is 0 Å². The molecule has 2 rings (SSSR count). The van der Waals surface area contributed by atoms with Crippen LogP contribution in [0.5, 0.6) is 0 Å². The lowest BCUT2D eigenvalue weighted by atomic mass is 10.0. The molecule has 6 nitrogen and oxygen atoms in total. The molecule has 0 fully saturated rings. The van der Waals surface area contributed by atoms with E-state index in [-0.39, 0.29) is 42.4 Å². The van der Waals surface area contributed by atoms with E-state index in [0.29, 0.717) is 12.1 Å². The highest BCUT2D eigenvalue weighted by Gasteiger charge is 2.15. The van der Waals surface area contributed by atoms with Gasteiger partial charge in [0.2, 0.25) is 0 Å². The highest BCUT2D eigenvalue weighted by molar-refractivity contribution is 5.94. The van der Waals surface area contributed by atoms with Crippen molar-refractivity contribution >= 4 is 18.2 Å². The van der Waals surface area contributed by atoms with Gasteiger partial charge in [0, 0.05) is 32.1 Å². The third-order valence-corrected chi connectivity index (χ3v) is 4.73. The van der Waals surface area contributed by atoms with E-state index in [1.165, 1.54) is 12.1 Å². The van der Waals surface area contributed by atoms with Crippen LogP contribution in [0.25, 0.3) is 0 Å². The average molecular weight is 473 g/mol. The molecule has 1 amide bonds. The van der Waals surface area contributed by atoms with Gasteiger partial charge in [-0.05, 0) is 35.2 Å². The van der Waals surface area contributed by atoms with Gasteiger partial charge in [-0.15, -0.1) is 0 Å². The smallest absolute Gasteiger partial charge is 0.251 e. The van der Waals surface area contributed by atoms with Gasteiger partial charge in [-0.25, -0.2) is 9.38 Å². The van der Waals surface area contributed by atoms with Crippen molar-refractivity contribution in [1.29, 1.82) is 0 Å². The number of carbonyl (C=O) groups is 2. The summed E-state index contributed by atoms with van der Waals surface area (Å²) in [6.45, 7) is 12.6. The number of nitrogens with zero attached hydrogens (tertiary/aromatic N) is 2. The summed E-state index contributed by atoms with van der Waals surface area (Å²) in [6, 6.07) is 13.5. The molecule has 7 heteroatoms. The lowest BCUT2D eigenvalue weighted by Gasteiger charge is -2.22. The summed E-state index contributed by atoms with van der Waals surface area (Å²) < 4.78 is 14.1. The number of nitrogens with one attached hydrogen (secondary N) is 1. The van der Waals surface area contributed by atoms with E-state index in [2.05, 4.69) is 10.3 Å². The molecule has 0 bridgehead atoms. The molecule has 0 aliphatic heterocycles. The molecule has 0 aliphatic rings. The first-order valence-corrected chi connectivity index (χ1v) is 11.9. The van der Waals surface area contributed by atoms with Gasteiger partial charge in [-0.1, -0.05) is 71.9 Å². The third-order valence-electron chi connectivity index (χ3n) is 4.73. The molecule has 0 spiro atoms. The number of amides is 1. The molecule has 3 N–H and O–H groups in total. The van der Waals surface area contributed by atoms with Crippen molar-refractivity contribution < 1.29 is 14.0 Å². The zero-order valence-electron chi connectivity index (χ0n) is 21.6. The minimum atomic E-state index is -0.498. The van der Waals surface area contributed by atoms with E-state index in [0.717, 1.165) is 11.8 Å². The van der Waals surface area contributed by atoms with Crippen LogP contribution in [-0.4, -0.2) is 36.1 Å². The quantitative estimate of drug-likeness (QED) is 0.299. The summed E-state index contributed by atoms with van der Waals surface area (Å²) in [5, 5.41) is 2.80. The van der Waals surface area contributed by atoms with Gasteiger partial charge in [-0.2, -0.15) is 0 Å². The molecule has 0 saturated heterocycles. The molecule has 0 saturated carbocycles. The van der Waals surface area contributed by atoms with Gasteiger partial charge in [0.05, 0.1) is 6.04 Å². The summed E-state index contributed by atoms with van der Waals surface area (Å²) in [5.41, 5.74) is 7.86. The Labute approximate surface area is 204 Å². The predicted octanol–water partition coefficient (Wildman–Crippen LogP) is 5.17. The van der Waals surface area contributed by atoms with Crippen LogP contribution in [-0.2, 0) is 17.9 Å². The molecular formula is C27H41FN4O2. The Hall–Kier alpha value is -3.22. The SMILES string of the molecule is CC.CC.CC(C)C(CC=O)N=C(N)N(C)Cc1cc(F)cc(C(=O)NCc2ccccc2)c1. The fourth-order valence-corrected chi connectivity index (χ4v) is 2.95. The van der Waals surface area contributed by atoms with Crippen molar-refractivity contribution in [2.45, 2.75) is 67.1 Å². The van der Waals surface area contributed by atoms with Crippen molar-refractivity contribution in [3.63, 3.8) is 0 Å². The number of carbonyl (C=O) groups excluding carboxylic acids is 2. The number of hydrogen-bond acceptors (Lipinski definition) is 3. The molecule has 2 aromatic carbocycles. The van der Waals surface area contributed by atoms with Crippen molar-refractivity contribution in [3.8, 4) is 0 Å². The summed E-state index contributed by atoms with van der Waals surface area (Å²) in [7, 11) is 1.73. The van der Waals surface area contributed by atoms with E-state index in [4.69, 9.17) is 5.73 Å². The lowest BCUT2D eigenvalue weighted by molar-refractivity contribution is -0.108. The van der Waals surface area contributed by atoms with Crippen LogP contribution in [0.15, 0.2) is 53.5 Å². The molecule has 2 aromatic rings. The average Bonchev–Trinajstić information content (AvgIpc) is 2.84. The van der Waals surface area contributed by atoms with Gasteiger partial charge >= 0.3 is 0 Å². The Balaban J connectivity index is 0.00000258. The maximum atomic E-state index is 14.1. The fraction of sp³-hybridized carbons (Fsp3) is 0.444. The summed E-state index contributed by atoms with van der Waals surface area (Å²) in [5.74, 6) is -0.428. The second kappa shape index (κ2) is 17.3. The van der Waals surface area contributed by atoms with Crippen molar-refractivity contribution in [2.75, 3.05) is 7.05 Å². The first-order valence-electron chi connectivity index (χ1n) is 11.9. The van der Waals surface area contributed by atoms with Gasteiger partial charge in [0.25, 0.3) is 5.91 Å². The van der Waals surface area contributed by atoms with Crippen molar-refractivity contribution in [2.24, 2.45) is 16.6 Å². The maximum Gasteiger partial charge on any atom is 0.251 e. The number of benzene rings is 2. The van der Waals surface area contributed by atoms with Crippen LogP contribution < -0.4 is 11.1 Å². The Bertz CT molecular complexity index is 885. The first kappa shape index (κ1) is 30.8. The normalized spacial score (nSPS) is 11.4. The Morgan fingerprint density at radius 3 is 2.26 bits per heavy atom. The largest absolute Gasteiger partial charge is 0.370 e. The number of aldehydes is 1. The van der Waals surface area contributed by atoms with E-state index in [9.17, 15) is 14.0 Å². The van der Waals surface area contributed by atoms with E-state index < -0.39 is 5.82 Å². The summed E-state index contributed by atoms with van der Waals surface area (Å²) in [4.78, 5) is 29.4. The van der Waals surface area contributed by atoms with Crippen LogP contribution in [0.4, 0.5) is 4.39 Å².